The summed E-state index contributed by atoms with van der Waals surface area (Å²) in [6.07, 6.45) is 4.05. The molecular formula is C25H26ClNO2S. The molecule has 0 unspecified atom stereocenters. The van der Waals surface area contributed by atoms with Crippen LogP contribution in [0.2, 0.25) is 5.02 Å². The molecule has 0 atom stereocenters. The number of halogens is 1. The van der Waals surface area contributed by atoms with Crippen molar-refractivity contribution in [1.29, 1.82) is 0 Å². The summed E-state index contributed by atoms with van der Waals surface area (Å²) in [6, 6.07) is 10.5. The molecule has 2 aliphatic rings. The van der Waals surface area contributed by atoms with Crippen LogP contribution in [0.15, 0.2) is 35.2 Å². The van der Waals surface area contributed by atoms with Gasteiger partial charge in [-0.05, 0) is 88.4 Å². The average Bonchev–Trinajstić information content (AvgIpc) is 2.96. The maximum absolute atomic E-state index is 11.8. The molecule has 1 fully saturated rings. The van der Waals surface area contributed by atoms with Crippen LogP contribution in [-0.2, 0) is 15.6 Å². The molecule has 0 saturated carbocycles. The number of amides is 2. The molecule has 1 heterocycles. The van der Waals surface area contributed by atoms with Crippen molar-refractivity contribution in [1.82, 2.24) is 5.32 Å². The summed E-state index contributed by atoms with van der Waals surface area (Å²) in [5.74, 6) is -0.361. The first kappa shape index (κ1) is 21.2. The van der Waals surface area contributed by atoms with Gasteiger partial charge in [-0.25, -0.2) is 0 Å². The first-order valence-electron chi connectivity index (χ1n) is 10.2. The molecule has 1 saturated heterocycles. The molecule has 0 spiro atoms. The average molecular weight is 440 g/mol. The van der Waals surface area contributed by atoms with Gasteiger partial charge in [-0.1, -0.05) is 57.5 Å². The van der Waals surface area contributed by atoms with E-state index in [-0.39, 0.29) is 22.0 Å². The fraction of sp³-hybridized carbons (Fsp3) is 0.360. The molecule has 156 valence electrons. The fourth-order valence-electron chi connectivity index (χ4n) is 4.42. The predicted octanol–water partition coefficient (Wildman–Crippen LogP) is 6.99. The lowest BCUT2D eigenvalue weighted by Crippen LogP contribution is -2.34. The molecule has 5 heteroatoms. The van der Waals surface area contributed by atoms with Crippen LogP contribution in [0, 0.1) is 6.92 Å². The van der Waals surface area contributed by atoms with Gasteiger partial charge in [0.05, 0.1) is 4.91 Å². The van der Waals surface area contributed by atoms with Crippen molar-refractivity contribution in [3.05, 3.63) is 62.5 Å². The Morgan fingerprint density at radius 3 is 2.17 bits per heavy atom. The number of benzene rings is 2. The fourth-order valence-corrected chi connectivity index (χ4v) is 5.40. The van der Waals surface area contributed by atoms with E-state index in [4.69, 9.17) is 11.6 Å². The van der Waals surface area contributed by atoms with E-state index in [0.29, 0.717) is 9.93 Å². The number of imide groups is 1. The molecule has 3 nitrogen and oxygen atoms in total. The van der Waals surface area contributed by atoms with Crippen molar-refractivity contribution in [2.75, 3.05) is 0 Å². The van der Waals surface area contributed by atoms with Crippen molar-refractivity contribution in [3.63, 3.8) is 0 Å². The van der Waals surface area contributed by atoms with Crippen molar-refractivity contribution in [2.45, 2.75) is 58.3 Å². The Labute approximate surface area is 187 Å². The molecule has 0 bridgehead atoms. The van der Waals surface area contributed by atoms with Crippen LogP contribution in [0.25, 0.3) is 17.2 Å². The van der Waals surface area contributed by atoms with Crippen LogP contribution in [0.5, 0.6) is 0 Å². The standard InChI is InChI=1S/C25H26ClNO2S/c1-14-10-18-19(25(4,5)9-8-24(18,2)3)13-17(14)16-7-6-15(11-20(16)26)12-21-22(28)27-23(29)30-21/h6-7,10-13H,8-9H2,1-5H3,(H,27,28,29)/b21-12-. The van der Waals surface area contributed by atoms with E-state index >= 15 is 0 Å². The molecule has 1 aliphatic heterocycles. The summed E-state index contributed by atoms with van der Waals surface area (Å²) in [5, 5.41) is 2.56. The van der Waals surface area contributed by atoms with Gasteiger partial charge in [0.2, 0.25) is 0 Å². The largest absolute Gasteiger partial charge is 0.290 e. The van der Waals surface area contributed by atoms with E-state index < -0.39 is 0 Å². The van der Waals surface area contributed by atoms with Gasteiger partial charge in [-0.2, -0.15) is 0 Å². The Morgan fingerprint density at radius 2 is 1.60 bits per heavy atom. The van der Waals surface area contributed by atoms with E-state index in [9.17, 15) is 9.59 Å². The van der Waals surface area contributed by atoms with Gasteiger partial charge in [0, 0.05) is 10.6 Å². The second-order valence-electron chi connectivity index (χ2n) is 9.57. The number of carbonyl (C=O) groups excluding carboxylic acids is 2. The Bertz CT molecular complexity index is 1110. The number of thioether (sulfide) groups is 1. The smallest absolute Gasteiger partial charge is 0.282 e. The Hall–Kier alpha value is -2.04. The SMILES string of the molecule is Cc1cc2c(cc1-c1ccc(/C=C3\SC(=O)NC3=O)cc1Cl)C(C)(C)CCC2(C)C. The third-order valence-electron chi connectivity index (χ3n) is 6.42. The second-order valence-corrected chi connectivity index (χ2v) is 11.0. The summed E-state index contributed by atoms with van der Waals surface area (Å²) in [4.78, 5) is 23.6. The number of hydrogen-bond acceptors (Lipinski definition) is 3. The quantitative estimate of drug-likeness (QED) is 0.513. The molecule has 0 radical (unpaired) electrons. The zero-order valence-corrected chi connectivity index (χ0v) is 19.6. The predicted molar refractivity (Wildman–Crippen MR) is 126 cm³/mol. The first-order valence-corrected chi connectivity index (χ1v) is 11.4. The molecule has 2 amide bonds. The molecular weight excluding hydrogens is 414 g/mol. The molecule has 4 rings (SSSR count). The van der Waals surface area contributed by atoms with Gasteiger partial charge in [0.1, 0.15) is 0 Å². The van der Waals surface area contributed by atoms with Crippen LogP contribution < -0.4 is 5.32 Å². The number of hydrogen-bond donors (Lipinski definition) is 1. The number of carbonyl (C=O) groups is 2. The zero-order valence-electron chi connectivity index (χ0n) is 18.0. The highest BCUT2D eigenvalue weighted by atomic mass is 35.5. The minimum Gasteiger partial charge on any atom is -0.282 e. The topological polar surface area (TPSA) is 46.2 Å². The molecule has 1 N–H and O–H groups in total. The Kier molecular flexibility index (Phi) is 5.14. The normalized spacial score (nSPS) is 20.9. The van der Waals surface area contributed by atoms with Gasteiger partial charge in [-0.3, -0.25) is 14.9 Å². The van der Waals surface area contributed by atoms with E-state index in [0.717, 1.165) is 34.9 Å². The molecule has 2 aromatic carbocycles. The summed E-state index contributed by atoms with van der Waals surface area (Å²) in [5.41, 5.74) is 7.28. The Morgan fingerprint density at radius 1 is 0.967 bits per heavy atom. The minimum atomic E-state index is -0.361. The third kappa shape index (κ3) is 3.72. The lowest BCUT2D eigenvalue weighted by molar-refractivity contribution is -0.115. The highest BCUT2D eigenvalue weighted by Crippen LogP contribution is 2.48. The van der Waals surface area contributed by atoms with Gasteiger partial charge >= 0.3 is 0 Å². The molecule has 30 heavy (non-hydrogen) atoms. The summed E-state index contributed by atoms with van der Waals surface area (Å²) < 4.78 is 0. The van der Waals surface area contributed by atoms with Crippen LogP contribution in [0.1, 0.15) is 62.8 Å². The van der Waals surface area contributed by atoms with Gasteiger partial charge < -0.3 is 0 Å². The monoisotopic (exact) mass is 439 g/mol. The minimum absolute atomic E-state index is 0.129. The van der Waals surface area contributed by atoms with Crippen LogP contribution >= 0.6 is 23.4 Å². The van der Waals surface area contributed by atoms with Gasteiger partial charge in [-0.15, -0.1) is 0 Å². The number of fused-ring (bicyclic) bond motifs is 1. The lowest BCUT2D eigenvalue weighted by Gasteiger charge is -2.42. The number of rotatable bonds is 2. The molecule has 0 aromatic heterocycles. The number of aryl methyl sites for hydroxylation is 1. The summed E-state index contributed by atoms with van der Waals surface area (Å²) in [7, 11) is 0. The van der Waals surface area contributed by atoms with Crippen LogP contribution in [0.4, 0.5) is 4.79 Å². The van der Waals surface area contributed by atoms with Crippen molar-refractivity contribution in [2.24, 2.45) is 0 Å². The Balaban J connectivity index is 1.77. The highest BCUT2D eigenvalue weighted by molar-refractivity contribution is 8.18. The van der Waals surface area contributed by atoms with Crippen molar-refractivity contribution < 1.29 is 9.59 Å². The third-order valence-corrected chi connectivity index (χ3v) is 7.54. The highest BCUT2D eigenvalue weighted by Gasteiger charge is 2.37. The van der Waals surface area contributed by atoms with E-state index in [1.165, 1.54) is 23.1 Å². The molecule has 1 aliphatic carbocycles. The summed E-state index contributed by atoms with van der Waals surface area (Å²) >= 11 is 7.60. The lowest BCUT2D eigenvalue weighted by atomic mass is 9.62. The zero-order chi connectivity index (χ0) is 21.8. The van der Waals surface area contributed by atoms with Crippen LogP contribution in [0.3, 0.4) is 0 Å². The van der Waals surface area contributed by atoms with Gasteiger partial charge in [0.15, 0.2) is 0 Å². The van der Waals surface area contributed by atoms with E-state index in [1.807, 2.05) is 18.2 Å². The van der Waals surface area contributed by atoms with Crippen molar-refractivity contribution in [3.8, 4) is 11.1 Å². The van der Waals surface area contributed by atoms with Crippen molar-refractivity contribution >= 4 is 40.6 Å². The molecule has 2 aromatic rings. The second kappa shape index (κ2) is 7.28. The van der Waals surface area contributed by atoms with E-state index in [2.05, 4.69) is 52.1 Å². The van der Waals surface area contributed by atoms with E-state index in [1.54, 1.807) is 6.08 Å². The van der Waals surface area contributed by atoms with Crippen LogP contribution in [-0.4, -0.2) is 11.1 Å². The maximum Gasteiger partial charge on any atom is 0.290 e. The number of nitrogens with one attached hydrogen (secondary N) is 1. The summed E-state index contributed by atoms with van der Waals surface area (Å²) in [6.45, 7) is 11.4. The first-order chi connectivity index (χ1) is 14.0. The maximum atomic E-state index is 11.8. The van der Waals surface area contributed by atoms with Gasteiger partial charge in [0.25, 0.3) is 11.1 Å².